The first-order chi connectivity index (χ1) is 17.2. The summed E-state index contributed by atoms with van der Waals surface area (Å²) in [6.07, 6.45) is 0. The number of aromatic nitrogens is 1. The van der Waals surface area contributed by atoms with E-state index in [1.807, 2.05) is 26.0 Å². The van der Waals surface area contributed by atoms with E-state index in [1.165, 1.54) is 28.4 Å². The molecule has 8 nitrogen and oxygen atoms in total. The fourth-order valence-corrected chi connectivity index (χ4v) is 5.64. The lowest BCUT2D eigenvalue weighted by molar-refractivity contribution is -0.117. The average molecular weight is 505 g/mol. The Hall–Kier alpha value is -4.11. The van der Waals surface area contributed by atoms with E-state index in [-0.39, 0.29) is 22.8 Å². The van der Waals surface area contributed by atoms with Crippen LogP contribution in [-0.4, -0.2) is 33.5 Å². The Morgan fingerprint density at radius 3 is 2.61 bits per heavy atom. The number of furan rings is 1. The van der Waals surface area contributed by atoms with Crippen LogP contribution in [0.25, 0.3) is 10.2 Å². The number of benzene rings is 2. The van der Waals surface area contributed by atoms with Gasteiger partial charge in [0.1, 0.15) is 5.76 Å². The van der Waals surface area contributed by atoms with Gasteiger partial charge in [-0.2, -0.15) is 0 Å². The van der Waals surface area contributed by atoms with Gasteiger partial charge in [0.05, 0.1) is 28.4 Å². The number of aliphatic hydroxyl groups excluding tert-OH is 1. The number of ether oxygens (including phenoxy) is 1. The van der Waals surface area contributed by atoms with Gasteiger partial charge in [0.25, 0.3) is 5.91 Å². The number of aryl methyl sites for hydroxylation is 3. The van der Waals surface area contributed by atoms with Gasteiger partial charge in [0.15, 0.2) is 28.1 Å². The highest BCUT2D eigenvalue weighted by Gasteiger charge is 2.46. The molecule has 1 aliphatic heterocycles. The first-order valence-electron chi connectivity index (χ1n) is 11.4. The zero-order valence-electron chi connectivity index (χ0n) is 20.2. The number of Topliss-reactive ketones (excluding diaryl/α,β-unsaturated/α-hetero) is 1. The number of nitrogens with zero attached hydrogens (tertiary/aromatic N) is 2. The van der Waals surface area contributed by atoms with Crippen molar-refractivity contribution >= 4 is 38.4 Å². The number of aromatic hydroxyl groups is 1. The molecule has 2 aromatic heterocycles. The van der Waals surface area contributed by atoms with Gasteiger partial charge >= 0.3 is 0 Å². The molecule has 36 heavy (non-hydrogen) atoms. The number of phenolic OH excluding ortho intramolecular Hbond substituents is 1. The number of phenols is 1. The third-order valence-corrected chi connectivity index (χ3v) is 7.04. The van der Waals surface area contributed by atoms with Crippen LogP contribution in [0.3, 0.4) is 0 Å². The summed E-state index contributed by atoms with van der Waals surface area (Å²) in [4.78, 5) is 33.0. The molecule has 1 amide bonds. The molecule has 2 N–H and O–H groups in total. The number of carbonyl (C=O) groups excluding carboxylic acids is 2. The van der Waals surface area contributed by atoms with Crippen molar-refractivity contribution < 1.29 is 29.0 Å². The normalized spacial score (nSPS) is 15.8. The molecular weight excluding hydrogens is 480 g/mol. The van der Waals surface area contributed by atoms with Crippen molar-refractivity contribution in [3.63, 3.8) is 0 Å². The van der Waals surface area contributed by atoms with Gasteiger partial charge in [0, 0.05) is 0 Å². The van der Waals surface area contributed by atoms with Gasteiger partial charge in [-0.3, -0.25) is 14.5 Å². The van der Waals surface area contributed by atoms with Crippen molar-refractivity contribution in [3.05, 3.63) is 82.0 Å². The first kappa shape index (κ1) is 23.6. The number of ketones is 1. The molecule has 5 rings (SSSR count). The highest BCUT2D eigenvalue weighted by atomic mass is 32.1. The van der Waals surface area contributed by atoms with E-state index in [0.29, 0.717) is 23.1 Å². The van der Waals surface area contributed by atoms with Crippen LogP contribution in [0.15, 0.2) is 58.2 Å². The molecule has 1 atom stereocenters. The molecule has 0 saturated carbocycles. The third kappa shape index (κ3) is 3.81. The second-order valence-corrected chi connectivity index (χ2v) is 9.67. The molecule has 3 heterocycles. The Labute approximate surface area is 211 Å². The SMILES string of the molecule is CCOc1cc(C2C(C(=O)c3ccc(C)o3)=C(O)C(=O)N2c2nc3c(C)cc(C)cc3s2)ccc1O. The van der Waals surface area contributed by atoms with Crippen LogP contribution < -0.4 is 9.64 Å². The summed E-state index contributed by atoms with van der Waals surface area (Å²) in [6.45, 7) is 7.72. The molecule has 2 aromatic carbocycles. The molecule has 0 radical (unpaired) electrons. The summed E-state index contributed by atoms with van der Waals surface area (Å²) < 4.78 is 12.0. The number of amides is 1. The fraction of sp³-hybridized carbons (Fsp3) is 0.222. The molecule has 0 fully saturated rings. The summed E-state index contributed by atoms with van der Waals surface area (Å²) in [5.74, 6) is -1.37. The van der Waals surface area contributed by atoms with Crippen LogP contribution in [0.4, 0.5) is 5.13 Å². The average Bonchev–Trinajstić information content (AvgIpc) is 3.52. The smallest absolute Gasteiger partial charge is 0.296 e. The lowest BCUT2D eigenvalue weighted by atomic mass is 9.95. The van der Waals surface area contributed by atoms with Gasteiger partial charge in [-0.1, -0.05) is 23.5 Å². The zero-order chi connectivity index (χ0) is 25.7. The minimum absolute atomic E-state index is 0.00767. The molecule has 0 saturated heterocycles. The first-order valence-corrected chi connectivity index (χ1v) is 12.2. The predicted octanol–water partition coefficient (Wildman–Crippen LogP) is 5.70. The number of hydrogen-bond donors (Lipinski definition) is 2. The second kappa shape index (κ2) is 8.83. The van der Waals surface area contributed by atoms with Gasteiger partial charge in [-0.25, -0.2) is 4.98 Å². The Bertz CT molecular complexity index is 1560. The largest absolute Gasteiger partial charge is 0.504 e. The van der Waals surface area contributed by atoms with Gasteiger partial charge < -0.3 is 19.4 Å². The highest BCUT2D eigenvalue weighted by molar-refractivity contribution is 7.22. The van der Waals surface area contributed by atoms with Crippen LogP contribution in [0.5, 0.6) is 11.5 Å². The maximum absolute atomic E-state index is 13.5. The molecule has 1 unspecified atom stereocenters. The van der Waals surface area contributed by atoms with E-state index in [1.54, 1.807) is 32.0 Å². The van der Waals surface area contributed by atoms with E-state index in [0.717, 1.165) is 21.3 Å². The van der Waals surface area contributed by atoms with Crippen molar-refractivity contribution in [2.75, 3.05) is 11.5 Å². The van der Waals surface area contributed by atoms with Gasteiger partial charge in [-0.05, 0) is 74.7 Å². The summed E-state index contributed by atoms with van der Waals surface area (Å²) in [5.41, 5.74) is 3.10. The molecule has 184 valence electrons. The van der Waals surface area contributed by atoms with Crippen molar-refractivity contribution in [3.8, 4) is 11.5 Å². The van der Waals surface area contributed by atoms with E-state index >= 15 is 0 Å². The summed E-state index contributed by atoms with van der Waals surface area (Å²) in [5, 5.41) is 21.6. The maximum Gasteiger partial charge on any atom is 0.296 e. The Morgan fingerprint density at radius 1 is 1.14 bits per heavy atom. The molecule has 9 heteroatoms. The van der Waals surface area contributed by atoms with Crippen molar-refractivity contribution in [2.24, 2.45) is 0 Å². The number of rotatable bonds is 6. The Kier molecular flexibility index (Phi) is 5.80. The van der Waals surface area contributed by atoms with Crippen LogP contribution in [0, 0.1) is 20.8 Å². The van der Waals surface area contributed by atoms with Crippen molar-refractivity contribution in [1.29, 1.82) is 0 Å². The lowest BCUT2D eigenvalue weighted by Gasteiger charge is -2.24. The number of thiazole rings is 1. The topological polar surface area (TPSA) is 113 Å². The highest BCUT2D eigenvalue weighted by Crippen LogP contribution is 2.46. The number of anilines is 1. The minimum Gasteiger partial charge on any atom is -0.504 e. The monoisotopic (exact) mass is 504 g/mol. The number of fused-ring (bicyclic) bond motifs is 1. The summed E-state index contributed by atoms with van der Waals surface area (Å²) in [7, 11) is 0. The molecule has 0 aliphatic carbocycles. The van der Waals surface area contributed by atoms with Gasteiger partial charge in [-0.15, -0.1) is 0 Å². The minimum atomic E-state index is -1.02. The van der Waals surface area contributed by atoms with E-state index in [2.05, 4.69) is 0 Å². The summed E-state index contributed by atoms with van der Waals surface area (Å²) in [6, 6.07) is 10.7. The van der Waals surface area contributed by atoms with Crippen LogP contribution >= 0.6 is 11.3 Å². The Balaban J connectivity index is 1.71. The molecular formula is C27H24N2O6S. The molecule has 0 bridgehead atoms. The molecule has 4 aromatic rings. The number of aliphatic hydroxyl groups is 1. The standard InChI is InChI=1S/C27H24N2O6S/c1-5-34-19-12-16(7-8-17(19)30)23-21(24(31)18-9-6-15(4)35-18)25(32)26(33)29(23)27-28-22-14(3)10-13(2)11-20(22)36-27/h6-12,23,30,32H,5H2,1-4H3. The molecule has 1 aliphatic rings. The lowest BCUT2D eigenvalue weighted by Crippen LogP contribution is -2.31. The zero-order valence-corrected chi connectivity index (χ0v) is 21.0. The van der Waals surface area contributed by atoms with Crippen LogP contribution in [-0.2, 0) is 4.79 Å². The quantitative estimate of drug-likeness (QED) is 0.324. The predicted molar refractivity (Wildman–Crippen MR) is 136 cm³/mol. The van der Waals surface area contributed by atoms with Crippen LogP contribution in [0.1, 0.15) is 46.0 Å². The Morgan fingerprint density at radius 2 is 1.92 bits per heavy atom. The third-order valence-electron chi connectivity index (χ3n) is 6.04. The van der Waals surface area contributed by atoms with Gasteiger partial charge in [0.2, 0.25) is 5.78 Å². The van der Waals surface area contributed by atoms with Crippen molar-refractivity contribution in [2.45, 2.75) is 33.7 Å². The number of carbonyl (C=O) groups is 2. The van der Waals surface area contributed by atoms with E-state index in [4.69, 9.17) is 14.1 Å². The fourth-order valence-electron chi connectivity index (χ4n) is 4.47. The van der Waals surface area contributed by atoms with Crippen LogP contribution in [0.2, 0.25) is 0 Å². The van der Waals surface area contributed by atoms with E-state index in [9.17, 15) is 19.8 Å². The second-order valence-electron chi connectivity index (χ2n) is 8.66. The van der Waals surface area contributed by atoms with E-state index < -0.39 is 23.5 Å². The molecule has 0 spiro atoms. The number of hydrogen-bond acceptors (Lipinski definition) is 8. The summed E-state index contributed by atoms with van der Waals surface area (Å²) >= 11 is 1.30. The maximum atomic E-state index is 13.5. The van der Waals surface area contributed by atoms with Crippen molar-refractivity contribution in [1.82, 2.24) is 4.98 Å².